The molecule has 0 atom stereocenters. The summed E-state index contributed by atoms with van der Waals surface area (Å²) < 4.78 is 0. The lowest BCUT2D eigenvalue weighted by Gasteiger charge is -2.11. The van der Waals surface area contributed by atoms with Crippen LogP contribution in [0, 0.1) is 0 Å². The highest BCUT2D eigenvalue weighted by atomic mass is 16.7. The molecule has 0 spiro atoms. The number of hydrogen-bond donors (Lipinski definition) is 1. The molecule has 0 saturated heterocycles. The third-order valence-corrected chi connectivity index (χ3v) is 2.93. The molecule has 2 heteroatoms. The number of rotatable bonds is 8. The van der Waals surface area contributed by atoms with Crippen LogP contribution in [0.2, 0.25) is 0 Å². The van der Waals surface area contributed by atoms with Crippen molar-refractivity contribution in [2.24, 2.45) is 0 Å². The van der Waals surface area contributed by atoms with E-state index >= 15 is 0 Å². The lowest BCUT2D eigenvalue weighted by molar-refractivity contribution is -0.0210. The molecule has 0 heterocycles. The lowest BCUT2D eigenvalue weighted by Crippen LogP contribution is -2.22. The standard InChI is InChI=1S/C12H25NO/c1-2-3-4-5-8-11-13-14-12-9-6-7-10-12/h12-13H,2-11H2,1H3. The minimum Gasteiger partial charge on any atom is -0.299 e. The Bertz CT molecular complexity index is 121. The van der Waals surface area contributed by atoms with Gasteiger partial charge in [0.1, 0.15) is 0 Å². The van der Waals surface area contributed by atoms with E-state index < -0.39 is 0 Å². The largest absolute Gasteiger partial charge is 0.299 e. The Morgan fingerprint density at radius 3 is 2.50 bits per heavy atom. The predicted molar refractivity (Wildman–Crippen MR) is 60.1 cm³/mol. The molecule has 1 aliphatic rings. The molecule has 0 radical (unpaired) electrons. The van der Waals surface area contributed by atoms with Gasteiger partial charge in [-0.3, -0.25) is 4.84 Å². The van der Waals surface area contributed by atoms with E-state index in [0.717, 1.165) is 6.54 Å². The van der Waals surface area contributed by atoms with Crippen LogP contribution in [-0.4, -0.2) is 12.6 Å². The van der Waals surface area contributed by atoms with Crippen LogP contribution in [0.25, 0.3) is 0 Å². The third-order valence-electron chi connectivity index (χ3n) is 2.93. The Balaban J connectivity index is 1.75. The number of nitrogens with one attached hydrogen (secondary N) is 1. The SMILES string of the molecule is CCCCCCCNOC1CCCC1. The first-order chi connectivity index (χ1) is 6.93. The van der Waals surface area contributed by atoms with Crippen molar-refractivity contribution in [2.45, 2.75) is 70.8 Å². The molecule has 1 rings (SSSR count). The fourth-order valence-corrected chi connectivity index (χ4v) is 1.98. The van der Waals surface area contributed by atoms with E-state index in [2.05, 4.69) is 12.4 Å². The summed E-state index contributed by atoms with van der Waals surface area (Å²) in [6.07, 6.45) is 12.4. The van der Waals surface area contributed by atoms with Gasteiger partial charge in [0, 0.05) is 6.54 Å². The topological polar surface area (TPSA) is 21.3 Å². The van der Waals surface area contributed by atoms with Gasteiger partial charge in [-0.15, -0.1) is 0 Å². The van der Waals surface area contributed by atoms with Crippen LogP contribution in [-0.2, 0) is 4.84 Å². The Morgan fingerprint density at radius 2 is 1.79 bits per heavy atom. The molecular formula is C12H25NO. The molecule has 1 saturated carbocycles. The summed E-state index contributed by atoms with van der Waals surface area (Å²) in [6, 6.07) is 0. The van der Waals surface area contributed by atoms with Crippen LogP contribution in [0.5, 0.6) is 0 Å². The van der Waals surface area contributed by atoms with Crippen LogP contribution in [0.1, 0.15) is 64.7 Å². The summed E-state index contributed by atoms with van der Waals surface area (Å²) in [7, 11) is 0. The quantitative estimate of drug-likeness (QED) is 0.478. The Morgan fingerprint density at radius 1 is 1.07 bits per heavy atom. The fourth-order valence-electron chi connectivity index (χ4n) is 1.98. The first-order valence-corrected chi connectivity index (χ1v) is 6.32. The number of hydrogen-bond acceptors (Lipinski definition) is 2. The van der Waals surface area contributed by atoms with Crippen LogP contribution in [0.3, 0.4) is 0 Å². The molecule has 0 aromatic heterocycles. The smallest absolute Gasteiger partial charge is 0.0790 e. The van der Waals surface area contributed by atoms with Crippen LogP contribution < -0.4 is 5.48 Å². The second-order valence-electron chi connectivity index (χ2n) is 4.33. The minimum absolute atomic E-state index is 0.505. The van der Waals surface area contributed by atoms with Crippen molar-refractivity contribution >= 4 is 0 Å². The predicted octanol–water partition coefficient (Wildman–Crippen LogP) is 3.42. The van der Waals surface area contributed by atoms with E-state index in [0.29, 0.717) is 6.10 Å². The molecule has 1 fully saturated rings. The molecule has 0 unspecified atom stereocenters. The molecule has 84 valence electrons. The molecule has 0 amide bonds. The van der Waals surface area contributed by atoms with Gasteiger partial charge in [-0.1, -0.05) is 45.4 Å². The van der Waals surface area contributed by atoms with Gasteiger partial charge in [0.2, 0.25) is 0 Å². The Kier molecular flexibility index (Phi) is 7.06. The molecule has 14 heavy (non-hydrogen) atoms. The van der Waals surface area contributed by atoms with Crippen LogP contribution >= 0.6 is 0 Å². The monoisotopic (exact) mass is 199 g/mol. The summed E-state index contributed by atoms with van der Waals surface area (Å²) in [5, 5.41) is 0. The van der Waals surface area contributed by atoms with E-state index in [9.17, 15) is 0 Å². The molecular weight excluding hydrogens is 174 g/mol. The highest BCUT2D eigenvalue weighted by molar-refractivity contribution is 4.65. The molecule has 0 aromatic carbocycles. The highest BCUT2D eigenvalue weighted by Gasteiger charge is 2.14. The molecule has 2 nitrogen and oxygen atoms in total. The second kappa shape index (κ2) is 8.25. The van der Waals surface area contributed by atoms with E-state index in [1.54, 1.807) is 0 Å². The van der Waals surface area contributed by atoms with Crippen LogP contribution in [0.4, 0.5) is 0 Å². The van der Waals surface area contributed by atoms with Gasteiger partial charge in [0.25, 0.3) is 0 Å². The normalized spacial score (nSPS) is 17.8. The van der Waals surface area contributed by atoms with Crippen molar-refractivity contribution < 1.29 is 4.84 Å². The van der Waals surface area contributed by atoms with Crippen molar-refractivity contribution in [2.75, 3.05) is 6.54 Å². The molecule has 0 bridgehead atoms. The van der Waals surface area contributed by atoms with Gasteiger partial charge in [-0.25, -0.2) is 5.48 Å². The third kappa shape index (κ3) is 5.61. The summed E-state index contributed by atoms with van der Waals surface area (Å²) in [5.74, 6) is 0. The van der Waals surface area contributed by atoms with Crippen LogP contribution in [0.15, 0.2) is 0 Å². The first kappa shape index (κ1) is 12.0. The maximum Gasteiger partial charge on any atom is 0.0790 e. The van der Waals surface area contributed by atoms with E-state index in [-0.39, 0.29) is 0 Å². The average Bonchev–Trinajstić information content (AvgIpc) is 2.69. The van der Waals surface area contributed by atoms with Gasteiger partial charge in [-0.2, -0.15) is 0 Å². The van der Waals surface area contributed by atoms with Crippen molar-refractivity contribution in [3.05, 3.63) is 0 Å². The molecule has 0 aromatic rings. The van der Waals surface area contributed by atoms with E-state index in [1.165, 1.54) is 57.8 Å². The highest BCUT2D eigenvalue weighted by Crippen LogP contribution is 2.19. The molecule has 1 aliphatic carbocycles. The summed E-state index contributed by atoms with van der Waals surface area (Å²) in [6.45, 7) is 3.28. The molecule has 0 aliphatic heterocycles. The average molecular weight is 199 g/mol. The van der Waals surface area contributed by atoms with Gasteiger partial charge in [0.05, 0.1) is 6.10 Å². The van der Waals surface area contributed by atoms with Crippen molar-refractivity contribution in [3.63, 3.8) is 0 Å². The summed E-state index contributed by atoms with van der Waals surface area (Å²) >= 11 is 0. The van der Waals surface area contributed by atoms with Gasteiger partial charge >= 0.3 is 0 Å². The van der Waals surface area contributed by atoms with Gasteiger partial charge in [0.15, 0.2) is 0 Å². The maximum absolute atomic E-state index is 5.56. The van der Waals surface area contributed by atoms with Crippen molar-refractivity contribution in [1.82, 2.24) is 5.48 Å². The number of unbranched alkanes of at least 4 members (excludes halogenated alkanes) is 4. The number of hydroxylamine groups is 1. The lowest BCUT2D eigenvalue weighted by atomic mass is 10.2. The maximum atomic E-state index is 5.56. The fraction of sp³-hybridized carbons (Fsp3) is 1.00. The summed E-state index contributed by atoms with van der Waals surface area (Å²) in [5.41, 5.74) is 3.10. The van der Waals surface area contributed by atoms with Crippen molar-refractivity contribution in [3.8, 4) is 0 Å². The summed E-state index contributed by atoms with van der Waals surface area (Å²) in [4.78, 5) is 5.56. The second-order valence-corrected chi connectivity index (χ2v) is 4.33. The minimum atomic E-state index is 0.505. The van der Waals surface area contributed by atoms with E-state index in [1.807, 2.05) is 0 Å². The Hall–Kier alpha value is -0.0800. The van der Waals surface area contributed by atoms with Gasteiger partial charge in [-0.05, 0) is 19.3 Å². The zero-order valence-electron chi connectivity index (χ0n) is 9.56. The molecule has 1 N–H and O–H groups in total. The zero-order chi connectivity index (χ0) is 10.1. The Labute approximate surface area is 88.4 Å². The van der Waals surface area contributed by atoms with Crippen molar-refractivity contribution in [1.29, 1.82) is 0 Å². The van der Waals surface area contributed by atoms with E-state index in [4.69, 9.17) is 4.84 Å². The first-order valence-electron chi connectivity index (χ1n) is 6.32. The van der Waals surface area contributed by atoms with Gasteiger partial charge < -0.3 is 0 Å². The zero-order valence-corrected chi connectivity index (χ0v) is 9.56.